The van der Waals surface area contributed by atoms with Crippen LogP contribution in [0, 0.1) is 5.92 Å². The molecule has 1 unspecified atom stereocenters. The molecular formula is C8H16F3O3P. The van der Waals surface area contributed by atoms with Crippen molar-refractivity contribution in [2.75, 3.05) is 6.16 Å². The number of halogens is 3. The van der Waals surface area contributed by atoms with Crippen LogP contribution in [0.15, 0.2) is 0 Å². The molecule has 0 aliphatic heterocycles. The molecule has 0 aliphatic carbocycles. The predicted octanol–water partition coefficient (Wildman–Crippen LogP) is 2.92. The molecule has 0 saturated heterocycles. The third-order valence-corrected chi connectivity index (χ3v) is 3.06. The van der Waals surface area contributed by atoms with Gasteiger partial charge in [-0.15, -0.1) is 0 Å². The van der Waals surface area contributed by atoms with E-state index in [9.17, 15) is 17.7 Å². The van der Waals surface area contributed by atoms with Crippen molar-refractivity contribution in [3.63, 3.8) is 0 Å². The van der Waals surface area contributed by atoms with Crippen molar-refractivity contribution in [3.8, 4) is 0 Å². The first-order chi connectivity index (χ1) is 6.64. The second-order valence-corrected chi connectivity index (χ2v) is 5.40. The summed E-state index contributed by atoms with van der Waals surface area (Å²) in [6.07, 6.45) is -4.67. The van der Waals surface area contributed by atoms with Gasteiger partial charge in [0.25, 0.3) is 0 Å². The van der Waals surface area contributed by atoms with E-state index in [1.54, 1.807) is 6.92 Å². The van der Waals surface area contributed by atoms with Gasteiger partial charge in [0.05, 0.1) is 0 Å². The van der Waals surface area contributed by atoms with Crippen molar-refractivity contribution in [2.45, 2.75) is 38.8 Å². The zero-order chi connectivity index (χ0) is 12.1. The minimum absolute atomic E-state index is 0.138. The number of rotatable bonds is 6. The molecule has 0 saturated carbocycles. The number of hydrogen-bond acceptors (Lipinski definition) is 1. The molecule has 0 rings (SSSR count). The minimum Gasteiger partial charge on any atom is -0.324 e. The van der Waals surface area contributed by atoms with E-state index in [0.717, 1.165) is 0 Å². The quantitative estimate of drug-likeness (QED) is 0.710. The van der Waals surface area contributed by atoms with Gasteiger partial charge in [-0.25, -0.2) is 0 Å². The molecule has 15 heavy (non-hydrogen) atoms. The van der Waals surface area contributed by atoms with Crippen molar-refractivity contribution in [1.82, 2.24) is 0 Å². The molecule has 1 atom stereocenters. The van der Waals surface area contributed by atoms with E-state index in [2.05, 4.69) is 0 Å². The summed E-state index contributed by atoms with van der Waals surface area (Å²) >= 11 is 0. The minimum atomic E-state index is -4.19. The van der Waals surface area contributed by atoms with Crippen LogP contribution in [-0.2, 0) is 4.57 Å². The van der Waals surface area contributed by atoms with Gasteiger partial charge in [-0.05, 0) is 18.8 Å². The van der Waals surface area contributed by atoms with Crippen LogP contribution in [0.5, 0.6) is 0 Å². The van der Waals surface area contributed by atoms with Crippen LogP contribution in [0.1, 0.15) is 32.6 Å². The maximum Gasteiger partial charge on any atom is 0.389 e. The van der Waals surface area contributed by atoms with Crippen molar-refractivity contribution in [3.05, 3.63) is 0 Å². The highest BCUT2D eigenvalue weighted by Crippen LogP contribution is 2.37. The second-order valence-electron chi connectivity index (χ2n) is 3.62. The molecule has 0 amide bonds. The summed E-state index contributed by atoms with van der Waals surface area (Å²) in [6, 6.07) is 0. The zero-order valence-electron chi connectivity index (χ0n) is 8.50. The lowest BCUT2D eigenvalue weighted by Crippen LogP contribution is -2.15. The molecule has 0 aromatic rings. The standard InChI is InChI=1S/C8H16F3O3P/c1-2-7(6-8(9,10)11)4-3-5-15(12,13)14/h7H,2-6H2,1H3,(H2,12,13,14). The third-order valence-electron chi connectivity index (χ3n) is 2.16. The molecule has 92 valence electrons. The van der Waals surface area contributed by atoms with Gasteiger partial charge in [-0.3, -0.25) is 4.57 Å². The van der Waals surface area contributed by atoms with Gasteiger partial charge in [-0.1, -0.05) is 13.3 Å². The highest BCUT2D eigenvalue weighted by atomic mass is 31.2. The van der Waals surface area contributed by atoms with Crippen LogP contribution in [0.4, 0.5) is 13.2 Å². The van der Waals surface area contributed by atoms with E-state index in [0.29, 0.717) is 6.42 Å². The smallest absolute Gasteiger partial charge is 0.324 e. The molecule has 0 heterocycles. The normalized spacial score (nSPS) is 15.3. The molecule has 7 heteroatoms. The number of hydrogen-bond donors (Lipinski definition) is 2. The fraction of sp³-hybridized carbons (Fsp3) is 1.00. The summed E-state index contributed by atoms with van der Waals surface area (Å²) in [4.78, 5) is 17.0. The van der Waals surface area contributed by atoms with Crippen LogP contribution in [0.25, 0.3) is 0 Å². The van der Waals surface area contributed by atoms with E-state index < -0.39 is 26.1 Å². The molecule has 0 aromatic heterocycles. The highest BCUT2D eigenvalue weighted by Gasteiger charge is 2.31. The van der Waals surface area contributed by atoms with Gasteiger partial charge >= 0.3 is 13.8 Å². The molecule has 0 aliphatic rings. The summed E-state index contributed by atoms with van der Waals surface area (Å²) in [5.74, 6) is -0.531. The van der Waals surface area contributed by atoms with Gasteiger partial charge in [-0.2, -0.15) is 13.2 Å². The second kappa shape index (κ2) is 5.87. The first-order valence-corrected chi connectivity index (χ1v) is 6.55. The Morgan fingerprint density at radius 3 is 2.20 bits per heavy atom. The van der Waals surface area contributed by atoms with Gasteiger partial charge in [0.15, 0.2) is 0 Å². The van der Waals surface area contributed by atoms with Gasteiger partial charge in [0.2, 0.25) is 0 Å². The van der Waals surface area contributed by atoms with E-state index >= 15 is 0 Å². The monoisotopic (exact) mass is 248 g/mol. The van der Waals surface area contributed by atoms with Crippen LogP contribution in [0.2, 0.25) is 0 Å². The Bertz CT molecular complexity index is 224. The fourth-order valence-electron chi connectivity index (χ4n) is 1.36. The average Bonchev–Trinajstić information content (AvgIpc) is 1.97. The van der Waals surface area contributed by atoms with Crippen molar-refractivity contribution < 1.29 is 27.5 Å². The molecule has 2 N–H and O–H groups in total. The molecule has 3 nitrogen and oxygen atoms in total. The van der Waals surface area contributed by atoms with E-state index in [1.165, 1.54) is 0 Å². The van der Waals surface area contributed by atoms with E-state index in [-0.39, 0.29) is 19.0 Å². The largest absolute Gasteiger partial charge is 0.389 e. The van der Waals surface area contributed by atoms with Crippen LogP contribution >= 0.6 is 7.60 Å². The SMILES string of the molecule is CCC(CCCP(=O)(O)O)CC(F)(F)F. The first-order valence-electron chi connectivity index (χ1n) is 4.75. The lowest BCUT2D eigenvalue weighted by atomic mass is 9.97. The Kier molecular flexibility index (Phi) is 5.85. The summed E-state index contributed by atoms with van der Waals surface area (Å²) in [5.41, 5.74) is 0. The molecule has 0 bridgehead atoms. The maximum atomic E-state index is 12.0. The van der Waals surface area contributed by atoms with Gasteiger partial charge < -0.3 is 9.79 Å². The Morgan fingerprint density at radius 2 is 1.87 bits per heavy atom. The summed E-state index contributed by atoms with van der Waals surface area (Å²) < 4.78 is 46.5. The van der Waals surface area contributed by atoms with Crippen LogP contribution < -0.4 is 0 Å². The average molecular weight is 248 g/mol. The van der Waals surface area contributed by atoms with Gasteiger partial charge in [0.1, 0.15) is 0 Å². The lowest BCUT2D eigenvalue weighted by Gasteiger charge is -2.16. The molecule has 0 spiro atoms. The first kappa shape index (κ1) is 14.9. The van der Waals surface area contributed by atoms with Crippen LogP contribution in [0.3, 0.4) is 0 Å². The predicted molar refractivity (Wildman–Crippen MR) is 50.6 cm³/mol. The van der Waals surface area contributed by atoms with Gasteiger partial charge in [0, 0.05) is 12.6 Å². The third kappa shape index (κ3) is 10.2. The summed E-state index contributed by atoms with van der Waals surface area (Å²) in [7, 11) is -4.06. The summed E-state index contributed by atoms with van der Waals surface area (Å²) in [5, 5.41) is 0. The maximum absolute atomic E-state index is 12.0. The van der Waals surface area contributed by atoms with E-state index in [4.69, 9.17) is 9.79 Å². The Labute approximate surface area is 86.8 Å². The zero-order valence-corrected chi connectivity index (χ0v) is 9.39. The lowest BCUT2D eigenvalue weighted by molar-refractivity contribution is -0.145. The molecular weight excluding hydrogens is 232 g/mol. The Balaban J connectivity index is 3.87. The van der Waals surface area contributed by atoms with Crippen molar-refractivity contribution in [1.29, 1.82) is 0 Å². The van der Waals surface area contributed by atoms with Crippen LogP contribution in [-0.4, -0.2) is 22.1 Å². The molecule has 0 fully saturated rings. The Morgan fingerprint density at radius 1 is 1.33 bits per heavy atom. The Hall–Kier alpha value is -0.0600. The van der Waals surface area contributed by atoms with Crippen molar-refractivity contribution >= 4 is 7.60 Å². The fourth-order valence-corrected chi connectivity index (χ4v) is 1.96. The van der Waals surface area contributed by atoms with E-state index in [1.807, 2.05) is 0 Å². The topological polar surface area (TPSA) is 57.5 Å². The number of alkyl halides is 3. The summed E-state index contributed by atoms with van der Waals surface area (Å²) in [6.45, 7) is 1.65. The highest BCUT2D eigenvalue weighted by molar-refractivity contribution is 7.51. The molecule has 0 radical (unpaired) electrons. The van der Waals surface area contributed by atoms with Crippen molar-refractivity contribution in [2.24, 2.45) is 5.92 Å². The molecule has 0 aromatic carbocycles.